The molecular formula is C15H14BrClO3. The van der Waals surface area contributed by atoms with Crippen molar-refractivity contribution in [3.05, 3.63) is 57.0 Å². The molecule has 1 atom stereocenters. The molecule has 1 unspecified atom stereocenters. The predicted octanol–water partition coefficient (Wildman–Crippen LogP) is 4.20. The molecule has 0 saturated carbocycles. The van der Waals surface area contributed by atoms with Gasteiger partial charge in [-0.25, -0.2) is 0 Å². The van der Waals surface area contributed by atoms with Crippen LogP contribution in [0.15, 0.2) is 40.9 Å². The molecule has 5 heteroatoms. The first-order valence-corrected chi connectivity index (χ1v) is 7.09. The lowest BCUT2D eigenvalue weighted by Gasteiger charge is -2.16. The molecule has 20 heavy (non-hydrogen) atoms. The average Bonchev–Trinajstić information content (AvgIpc) is 2.47. The summed E-state index contributed by atoms with van der Waals surface area (Å²) in [6.07, 6.45) is -0.824. The third-order valence-corrected chi connectivity index (χ3v) is 3.84. The van der Waals surface area contributed by atoms with Gasteiger partial charge in [-0.2, -0.15) is 0 Å². The molecular weight excluding hydrogens is 344 g/mol. The van der Waals surface area contributed by atoms with Gasteiger partial charge in [-0.3, -0.25) is 0 Å². The summed E-state index contributed by atoms with van der Waals surface area (Å²) in [7, 11) is 3.08. The lowest BCUT2D eigenvalue weighted by atomic mass is 10.0. The Morgan fingerprint density at radius 1 is 1.05 bits per heavy atom. The van der Waals surface area contributed by atoms with E-state index in [-0.39, 0.29) is 0 Å². The molecule has 3 nitrogen and oxygen atoms in total. The largest absolute Gasteiger partial charge is 0.493 e. The van der Waals surface area contributed by atoms with E-state index in [0.29, 0.717) is 22.1 Å². The van der Waals surface area contributed by atoms with Crippen LogP contribution >= 0.6 is 27.5 Å². The van der Waals surface area contributed by atoms with Crippen LogP contribution in [0.5, 0.6) is 11.5 Å². The highest BCUT2D eigenvalue weighted by Crippen LogP contribution is 2.37. The summed E-state index contributed by atoms with van der Waals surface area (Å²) in [6, 6.07) is 10.7. The Balaban J connectivity index is 2.43. The van der Waals surface area contributed by atoms with Gasteiger partial charge in [0.2, 0.25) is 0 Å². The molecule has 0 spiro atoms. The Morgan fingerprint density at radius 3 is 2.15 bits per heavy atom. The molecule has 0 aromatic heterocycles. The predicted molar refractivity (Wildman–Crippen MR) is 82.8 cm³/mol. The topological polar surface area (TPSA) is 38.7 Å². The molecule has 106 valence electrons. The van der Waals surface area contributed by atoms with E-state index < -0.39 is 6.10 Å². The fraction of sp³-hybridized carbons (Fsp3) is 0.200. The minimum atomic E-state index is -0.824. The second kappa shape index (κ2) is 6.48. The number of aliphatic hydroxyl groups excluding tert-OH is 1. The van der Waals surface area contributed by atoms with Crippen molar-refractivity contribution in [1.82, 2.24) is 0 Å². The molecule has 0 aliphatic carbocycles. The molecule has 2 rings (SSSR count). The first-order valence-electron chi connectivity index (χ1n) is 5.91. The van der Waals surface area contributed by atoms with E-state index in [1.165, 1.54) is 0 Å². The summed E-state index contributed by atoms with van der Waals surface area (Å²) in [5, 5.41) is 10.9. The molecule has 1 N–H and O–H groups in total. The van der Waals surface area contributed by atoms with Gasteiger partial charge in [0.15, 0.2) is 11.5 Å². The summed E-state index contributed by atoms with van der Waals surface area (Å²) < 4.78 is 11.4. The minimum Gasteiger partial charge on any atom is -0.493 e. The van der Waals surface area contributed by atoms with Gasteiger partial charge < -0.3 is 14.6 Å². The number of hydrogen-bond donors (Lipinski definition) is 1. The van der Waals surface area contributed by atoms with Crippen molar-refractivity contribution in [3.63, 3.8) is 0 Å². The van der Waals surface area contributed by atoms with Crippen LogP contribution in [0, 0.1) is 0 Å². The standard InChI is InChI=1S/C15H14BrClO3/c1-19-13-7-11(12(17)8-14(13)20-2)15(18)9-3-5-10(16)6-4-9/h3-8,15,18H,1-2H3. The van der Waals surface area contributed by atoms with Crippen LogP contribution in [-0.4, -0.2) is 19.3 Å². The van der Waals surface area contributed by atoms with E-state index in [9.17, 15) is 5.11 Å². The van der Waals surface area contributed by atoms with E-state index in [1.54, 1.807) is 26.4 Å². The van der Waals surface area contributed by atoms with Crippen molar-refractivity contribution >= 4 is 27.5 Å². The van der Waals surface area contributed by atoms with E-state index in [0.717, 1.165) is 10.0 Å². The molecule has 0 saturated heterocycles. The fourth-order valence-corrected chi connectivity index (χ4v) is 2.43. The van der Waals surface area contributed by atoms with Crippen LogP contribution in [0.25, 0.3) is 0 Å². The Bertz CT molecular complexity index is 599. The third kappa shape index (κ3) is 3.08. The molecule has 0 aliphatic rings. The zero-order valence-corrected chi connectivity index (χ0v) is 13.4. The van der Waals surface area contributed by atoms with Gasteiger partial charge in [-0.1, -0.05) is 39.7 Å². The summed E-state index contributed by atoms with van der Waals surface area (Å²) in [5.74, 6) is 1.06. The molecule has 0 amide bonds. The first kappa shape index (κ1) is 15.2. The summed E-state index contributed by atoms with van der Waals surface area (Å²) in [5.41, 5.74) is 1.33. The van der Waals surface area contributed by atoms with Crippen molar-refractivity contribution in [2.45, 2.75) is 6.10 Å². The number of rotatable bonds is 4. The van der Waals surface area contributed by atoms with Crippen LogP contribution in [0.1, 0.15) is 17.2 Å². The smallest absolute Gasteiger partial charge is 0.162 e. The molecule has 0 heterocycles. The van der Waals surface area contributed by atoms with Gasteiger partial charge >= 0.3 is 0 Å². The molecule has 0 bridgehead atoms. The van der Waals surface area contributed by atoms with E-state index in [4.69, 9.17) is 21.1 Å². The zero-order valence-electron chi connectivity index (χ0n) is 11.1. The number of ether oxygens (including phenoxy) is 2. The van der Waals surface area contributed by atoms with E-state index in [1.807, 2.05) is 24.3 Å². The lowest BCUT2D eigenvalue weighted by molar-refractivity contribution is 0.219. The molecule has 0 radical (unpaired) electrons. The van der Waals surface area contributed by atoms with Crippen LogP contribution in [0.3, 0.4) is 0 Å². The quantitative estimate of drug-likeness (QED) is 0.891. The van der Waals surface area contributed by atoms with Gasteiger partial charge in [0.05, 0.1) is 19.2 Å². The summed E-state index contributed by atoms with van der Waals surface area (Å²) in [4.78, 5) is 0. The first-order chi connectivity index (χ1) is 9.56. The number of benzene rings is 2. The maximum Gasteiger partial charge on any atom is 0.162 e. The van der Waals surface area contributed by atoms with Crippen LogP contribution in [0.2, 0.25) is 5.02 Å². The molecule has 0 aliphatic heterocycles. The highest BCUT2D eigenvalue weighted by Gasteiger charge is 2.17. The zero-order chi connectivity index (χ0) is 14.7. The molecule has 0 fully saturated rings. The lowest BCUT2D eigenvalue weighted by Crippen LogP contribution is -2.02. The van der Waals surface area contributed by atoms with Crippen LogP contribution in [0.4, 0.5) is 0 Å². The van der Waals surface area contributed by atoms with Crippen LogP contribution < -0.4 is 9.47 Å². The highest BCUT2D eigenvalue weighted by atomic mass is 79.9. The van der Waals surface area contributed by atoms with Crippen molar-refractivity contribution < 1.29 is 14.6 Å². The maximum atomic E-state index is 10.5. The fourth-order valence-electron chi connectivity index (χ4n) is 1.90. The monoisotopic (exact) mass is 356 g/mol. The maximum absolute atomic E-state index is 10.5. The third-order valence-electron chi connectivity index (χ3n) is 2.98. The Morgan fingerprint density at radius 2 is 1.60 bits per heavy atom. The van der Waals surface area contributed by atoms with E-state index in [2.05, 4.69) is 15.9 Å². The minimum absolute atomic E-state index is 0.429. The van der Waals surface area contributed by atoms with Gasteiger partial charge in [-0.05, 0) is 23.8 Å². The van der Waals surface area contributed by atoms with Crippen molar-refractivity contribution in [2.75, 3.05) is 14.2 Å². The average molecular weight is 358 g/mol. The Labute approximate surface area is 131 Å². The van der Waals surface area contributed by atoms with Gasteiger partial charge in [0.1, 0.15) is 6.10 Å². The number of halogens is 2. The second-order valence-corrected chi connectivity index (χ2v) is 5.51. The van der Waals surface area contributed by atoms with Gasteiger partial charge in [0.25, 0.3) is 0 Å². The summed E-state index contributed by atoms with van der Waals surface area (Å²) >= 11 is 9.57. The summed E-state index contributed by atoms with van der Waals surface area (Å²) in [6.45, 7) is 0. The SMILES string of the molecule is COc1cc(Cl)c(C(O)c2ccc(Br)cc2)cc1OC. The normalized spacial score (nSPS) is 12.1. The van der Waals surface area contributed by atoms with Crippen molar-refractivity contribution in [2.24, 2.45) is 0 Å². The second-order valence-electron chi connectivity index (χ2n) is 4.18. The van der Waals surface area contributed by atoms with E-state index >= 15 is 0 Å². The number of methoxy groups -OCH3 is 2. The Hall–Kier alpha value is -1.23. The highest BCUT2D eigenvalue weighted by molar-refractivity contribution is 9.10. The van der Waals surface area contributed by atoms with Crippen molar-refractivity contribution in [1.29, 1.82) is 0 Å². The molecule has 2 aromatic rings. The molecule has 2 aromatic carbocycles. The van der Waals surface area contributed by atoms with Crippen LogP contribution in [-0.2, 0) is 0 Å². The number of aliphatic hydroxyl groups is 1. The van der Waals surface area contributed by atoms with Gasteiger partial charge in [-0.15, -0.1) is 0 Å². The van der Waals surface area contributed by atoms with Crippen molar-refractivity contribution in [3.8, 4) is 11.5 Å². The number of hydrogen-bond acceptors (Lipinski definition) is 3. The Kier molecular flexibility index (Phi) is 4.91. The van der Waals surface area contributed by atoms with Gasteiger partial charge in [0, 0.05) is 16.1 Å².